The lowest BCUT2D eigenvalue weighted by Gasteiger charge is -2.17. The topological polar surface area (TPSA) is 42.2 Å². The van der Waals surface area contributed by atoms with E-state index in [4.69, 9.17) is 0 Å². The van der Waals surface area contributed by atoms with Crippen molar-refractivity contribution < 1.29 is 9.90 Å². The molecule has 2 aromatic rings. The molecule has 1 unspecified atom stereocenters. The Labute approximate surface area is 112 Å². The molecule has 0 amide bonds. The van der Waals surface area contributed by atoms with Gasteiger partial charge in [-0.2, -0.15) is 0 Å². The quantitative estimate of drug-likeness (QED) is 0.926. The van der Waals surface area contributed by atoms with Gasteiger partial charge in [-0.25, -0.2) is 4.79 Å². The van der Waals surface area contributed by atoms with Gasteiger partial charge in [0.2, 0.25) is 0 Å². The smallest absolute Gasteiger partial charge is 0.352 e. The van der Waals surface area contributed by atoms with Gasteiger partial charge in [-0.3, -0.25) is 0 Å². The molecule has 2 rings (SSSR count). The molecule has 1 atom stereocenters. The zero-order chi connectivity index (χ0) is 12.4. The maximum absolute atomic E-state index is 11.2. The van der Waals surface area contributed by atoms with Gasteiger partial charge >= 0.3 is 5.97 Å². The molecule has 1 N–H and O–H groups in total. The second-order valence-corrected chi connectivity index (χ2v) is 5.59. The lowest BCUT2D eigenvalue weighted by atomic mass is 10.2. The molecule has 0 fully saturated rings. The van der Waals surface area contributed by atoms with E-state index >= 15 is 0 Å². The predicted molar refractivity (Wildman–Crippen MR) is 71.8 cm³/mol. The summed E-state index contributed by atoms with van der Waals surface area (Å²) in [6, 6.07) is 5.76. The van der Waals surface area contributed by atoms with E-state index in [1.54, 1.807) is 17.4 Å². The second-order valence-electron chi connectivity index (χ2n) is 3.70. The summed E-state index contributed by atoms with van der Waals surface area (Å²) in [5.41, 5.74) is 0.317. The summed E-state index contributed by atoms with van der Waals surface area (Å²) in [6.07, 6.45) is 2.69. The Hall–Kier alpha value is -1.07. The highest BCUT2D eigenvalue weighted by atomic mass is 79.9. The lowest BCUT2D eigenvalue weighted by Crippen LogP contribution is -2.13. The average molecular weight is 314 g/mol. The van der Waals surface area contributed by atoms with Crippen LogP contribution in [0.5, 0.6) is 0 Å². The first-order valence-electron chi connectivity index (χ1n) is 5.27. The van der Waals surface area contributed by atoms with Crippen molar-refractivity contribution in [3.63, 3.8) is 0 Å². The highest BCUT2D eigenvalue weighted by molar-refractivity contribution is 9.10. The largest absolute Gasteiger partial charge is 0.477 e. The van der Waals surface area contributed by atoms with Gasteiger partial charge in [-0.1, -0.05) is 13.0 Å². The van der Waals surface area contributed by atoms with E-state index in [9.17, 15) is 9.90 Å². The number of halogens is 1. The van der Waals surface area contributed by atoms with E-state index in [0.717, 1.165) is 10.9 Å². The molecule has 3 nitrogen and oxygen atoms in total. The van der Waals surface area contributed by atoms with Gasteiger partial charge in [0, 0.05) is 15.5 Å². The maximum atomic E-state index is 11.2. The zero-order valence-corrected chi connectivity index (χ0v) is 11.7. The molecule has 0 aromatic carbocycles. The summed E-state index contributed by atoms with van der Waals surface area (Å²) in [7, 11) is 0. The molecular formula is C12H12BrNO2S. The standard InChI is InChI=1S/C12H12BrNO2S/c1-2-9(11-4-3-5-17-11)14-7-8(13)6-10(14)12(15)16/h3-7,9H,2H2,1H3,(H,15,16). The third kappa shape index (κ3) is 2.45. The fourth-order valence-electron chi connectivity index (χ4n) is 1.89. The minimum Gasteiger partial charge on any atom is -0.477 e. The minimum absolute atomic E-state index is 0.0902. The molecule has 0 saturated carbocycles. The summed E-state index contributed by atoms with van der Waals surface area (Å²) in [5, 5.41) is 11.2. The molecule has 2 heterocycles. The number of carbonyl (C=O) groups is 1. The van der Waals surface area contributed by atoms with Crippen LogP contribution in [0, 0.1) is 0 Å². The second kappa shape index (κ2) is 5.06. The first kappa shape index (κ1) is 12.4. The van der Waals surface area contributed by atoms with Crippen LogP contribution in [0.4, 0.5) is 0 Å². The Balaban J connectivity index is 2.47. The number of aromatic carboxylic acids is 1. The summed E-state index contributed by atoms with van der Waals surface area (Å²) in [6.45, 7) is 2.06. The van der Waals surface area contributed by atoms with Crippen molar-refractivity contribution in [3.05, 3.63) is 44.8 Å². The van der Waals surface area contributed by atoms with Crippen LogP contribution in [0.25, 0.3) is 0 Å². The molecule has 17 heavy (non-hydrogen) atoms. The Morgan fingerprint density at radius 3 is 2.94 bits per heavy atom. The molecule has 90 valence electrons. The van der Waals surface area contributed by atoms with Crippen LogP contribution in [0.15, 0.2) is 34.2 Å². The van der Waals surface area contributed by atoms with Gasteiger partial charge in [-0.15, -0.1) is 11.3 Å². The van der Waals surface area contributed by atoms with Gasteiger partial charge in [0.05, 0.1) is 6.04 Å². The number of carboxylic acid groups (broad SMARTS) is 1. The zero-order valence-electron chi connectivity index (χ0n) is 9.26. The highest BCUT2D eigenvalue weighted by Gasteiger charge is 2.19. The molecule has 2 aromatic heterocycles. The van der Waals surface area contributed by atoms with Crippen LogP contribution in [0.3, 0.4) is 0 Å². The fraction of sp³-hybridized carbons (Fsp3) is 0.250. The van der Waals surface area contributed by atoms with E-state index in [-0.39, 0.29) is 6.04 Å². The van der Waals surface area contributed by atoms with Crippen molar-refractivity contribution in [3.8, 4) is 0 Å². The summed E-state index contributed by atoms with van der Waals surface area (Å²) in [4.78, 5) is 12.4. The van der Waals surface area contributed by atoms with Gasteiger partial charge in [-0.05, 0) is 39.9 Å². The van der Waals surface area contributed by atoms with E-state index in [0.29, 0.717) is 5.69 Å². The summed E-state index contributed by atoms with van der Waals surface area (Å²) in [5.74, 6) is -0.897. The fourth-order valence-corrected chi connectivity index (χ4v) is 3.24. The van der Waals surface area contributed by atoms with E-state index in [1.165, 1.54) is 4.88 Å². The molecule has 0 aliphatic rings. The van der Waals surface area contributed by atoms with Crippen molar-refractivity contribution in [1.29, 1.82) is 0 Å². The van der Waals surface area contributed by atoms with Crippen molar-refractivity contribution in [2.75, 3.05) is 0 Å². The van der Waals surface area contributed by atoms with Crippen LogP contribution in [-0.2, 0) is 0 Å². The molecular weight excluding hydrogens is 302 g/mol. The van der Waals surface area contributed by atoms with E-state index < -0.39 is 5.97 Å². The normalized spacial score (nSPS) is 12.6. The summed E-state index contributed by atoms with van der Waals surface area (Å²) >= 11 is 4.98. The molecule has 0 aliphatic carbocycles. The van der Waals surface area contributed by atoms with Gasteiger partial charge in [0.25, 0.3) is 0 Å². The van der Waals surface area contributed by atoms with E-state index in [1.807, 2.05) is 28.3 Å². The number of hydrogen-bond acceptors (Lipinski definition) is 2. The molecule has 0 bridgehead atoms. The Morgan fingerprint density at radius 2 is 2.41 bits per heavy atom. The van der Waals surface area contributed by atoms with Crippen molar-refractivity contribution in [2.45, 2.75) is 19.4 Å². The first-order valence-corrected chi connectivity index (χ1v) is 6.94. The molecule has 0 radical (unpaired) electrons. The molecule has 5 heteroatoms. The number of carboxylic acids is 1. The summed E-state index contributed by atoms with van der Waals surface area (Å²) < 4.78 is 2.61. The lowest BCUT2D eigenvalue weighted by molar-refractivity contribution is 0.0683. The minimum atomic E-state index is -0.897. The molecule has 0 saturated heterocycles. The Morgan fingerprint density at radius 1 is 1.65 bits per heavy atom. The third-order valence-corrected chi connectivity index (χ3v) is 4.04. The number of thiophene rings is 1. The number of hydrogen-bond donors (Lipinski definition) is 1. The first-order chi connectivity index (χ1) is 8.13. The third-order valence-electron chi connectivity index (χ3n) is 2.63. The number of nitrogens with zero attached hydrogens (tertiary/aromatic N) is 1. The van der Waals surface area contributed by atoms with Crippen LogP contribution in [0.1, 0.15) is 34.8 Å². The number of aromatic nitrogens is 1. The van der Waals surface area contributed by atoms with Gasteiger partial charge < -0.3 is 9.67 Å². The molecule has 0 aliphatic heterocycles. The van der Waals surface area contributed by atoms with E-state index in [2.05, 4.69) is 22.9 Å². The van der Waals surface area contributed by atoms with Gasteiger partial charge in [0.15, 0.2) is 0 Å². The van der Waals surface area contributed by atoms with Crippen LogP contribution < -0.4 is 0 Å². The van der Waals surface area contributed by atoms with Gasteiger partial charge in [0.1, 0.15) is 5.69 Å². The Bertz CT molecular complexity index is 519. The highest BCUT2D eigenvalue weighted by Crippen LogP contribution is 2.29. The van der Waals surface area contributed by atoms with Crippen LogP contribution >= 0.6 is 27.3 Å². The average Bonchev–Trinajstić information content (AvgIpc) is 2.89. The van der Waals surface area contributed by atoms with Crippen molar-refractivity contribution in [2.24, 2.45) is 0 Å². The van der Waals surface area contributed by atoms with Crippen molar-refractivity contribution in [1.82, 2.24) is 4.57 Å². The predicted octanol–water partition coefficient (Wildman–Crippen LogP) is 4.01. The SMILES string of the molecule is CCC(c1cccs1)n1cc(Br)cc1C(=O)O. The molecule has 0 spiro atoms. The monoisotopic (exact) mass is 313 g/mol. The van der Waals surface area contributed by atoms with Crippen LogP contribution in [-0.4, -0.2) is 15.6 Å². The maximum Gasteiger partial charge on any atom is 0.352 e. The Kier molecular flexibility index (Phi) is 3.69. The van der Waals surface area contributed by atoms with Crippen LogP contribution in [0.2, 0.25) is 0 Å². The number of rotatable bonds is 4. The van der Waals surface area contributed by atoms with Crippen molar-refractivity contribution >= 4 is 33.2 Å².